The van der Waals surface area contributed by atoms with Crippen LogP contribution in [0.5, 0.6) is 0 Å². The van der Waals surface area contributed by atoms with Crippen molar-refractivity contribution < 1.29 is 9.47 Å². The predicted molar refractivity (Wildman–Crippen MR) is 68.3 cm³/mol. The van der Waals surface area contributed by atoms with Crippen LogP contribution in [0.4, 0.5) is 0 Å². The molecule has 0 amide bonds. The standard InChI is InChI=1S/C13H26N2O2/c1-12(13-4-2-10-17-13)14-5-7-15-6-3-9-16-11-8-15/h12-14H,2-11H2,1H3. The Bertz CT molecular complexity index is 198. The summed E-state index contributed by atoms with van der Waals surface area (Å²) in [5.41, 5.74) is 0. The van der Waals surface area contributed by atoms with Crippen LogP contribution in [0.15, 0.2) is 0 Å². The topological polar surface area (TPSA) is 33.7 Å². The van der Waals surface area contributed by atoms with E-state index in [1.54, 1.807) is 0 Å². The third kappa shape index (κ3) is 4.54. The van der Waals surface area contributed by atoms with Gasteiger partial charge in [0.2, 0.25) is 0 Å². The maximum Gasteiger partial charge on any atom is 0.0726 e. The number of rotatable bonds is 5. The minimum atomic E-state index is 0.433. The van der Waals surface area contributed by atoms with Crippen molar-refractivity contribution in [1.82, 2.24) is 10.2 Å². The van der Waals surface area contributed by atoms with Gasteiger partial charge in [-0.2, -0.15) is 0 Å². The summed E-state index contributed by atoms with van der Waals surface area (Å²) in [4.78, 5) is 2.49. The third-order valence-corrected chi connectivity index (χ3v) is 3.73. The summed E-state index contributed by atoms with van der Waals surface area (Å²) in [5, 5.41) is 3.58. The van der Waals surface area contributed by atoms with Crippen LogP contribution in [0.1, 0.15) is 26.2 Å². The molecule has 2 aliphatic heterocycles. The fourth-order valence-electron chi connectivity index (χ4n) is 2.60. The van der Waals surface area contributed by atoms with Crippen molar-refractivity contribution in [2.24, 2.45) is 0 Å². The number of hydrogen-bond acceptors (Lipinski definition) is 4. The van der Waals surface area contributed by atoms with Crippen LogP contribution in [0.3, 0.4) is 0 Å². The molecular formula is C13H26N2O2. The summed E-state index contributed by atoms with van der Waals surface area (Å²) in [6.07, 6.45) is 4.04. The molecule has 0 aromatic carbocycles. The zero-order chi connectivity index (χ0) is 11.9. The second-order valence-electron chi connectivity index (χ2n) is 5.10. The zero-order valence-electron chi connectivity index (χ0n) is 11.0. The van der Waals surface area contributed by atoms with Crippen LogP contribution < -0.4 is 5.32 Å². The molecule has 0 aromatic heterocycles. The van der Waals surface area contributed by atoms with Gasteiger partial charge in [-0.25, -0.2) is 0 Å². The van der Waals surface area contributed by atoms with Gasteiger partial charge in [-0.05, 0) is 26.2 Å². The Morgan fingerprint density at radius 2 is 2.18 bits per heavy atom. The molecule has 2 fully saturated rings. The van der Waals surface area contributed by atoms with Gasteiger partial charge in [-0.15, -0.1) is 0 Å². The largest absolute Gasteiger partial charge is 0.380 e. The number of ether oxygens (including phenoxy) is 2. The Labute approximate surface area is 105 Å². The Balaban J connectivity index is 1.57. The lowest BCUT2D eigenvalue weighted by molar-refractivity contribution is 0.0824. The van der Waals surface area contributed by atoms with E-state index in [0.717, 1.165) is 39.5 Å². The minimum absolute atomic E-state index is 0.433. The highest BCUT2D eigenvalue weighted by molar-refractivity contribution is 4.77. The van der Waals surface area contributed by atoms with Crippen molar-refractivity contribution in [2.75, 3.05) is 46.0 Å². The minimum Gasteiger partial charge on any atom is -0.380 e. The monoisotopic (exact) mass is 242 g/mol. The first-order chi connectivity index (χ1) is 8.36. The van der Waals surface area contributed by atoms with E-state index in [0.29, 0.717) is 12.1 Å². The molecular weight excluding hydrogens is 216 g/mol. The average molecular weight is 242 g/mol. The van der Waals surface area contributed by atoms with Gasteiger partial charge >= 0.3 is 0 Å². The molecule has 17 heavy (non-hydrogen) atoms. The Hall–Kier alpha value is -0.160. The molecule has 2 saturated heterocycles. The van der Waals surface area contributed by atoms with Gasteiger partial charge in [-0.1, -0.05) is 0 Å². The smallest absolute Gasteiger partial charge is 0.0726 e. The molecule has 4 heteroatoms. The van der Waals surface area contributed by atoms with Gasteiger partial charge in [0.05, 0.1) is 12.7 Å². The van der Waals surface area contributed by atoms with Crippen molar-refractivity contribution in [3.05, 3.63) is 0 Å². The van der Waals surface area contributed by atoms with Crippen LogP contribution in [-0.2, 0) is 9.47 Å². The highest BCUT2D eigenvalue weighted by Gasteiger charge is 2.21. The molecule has 0 aromatic rings. The van der Waals surface area contributed by atoms with Crippen LogP contribution in [0, 0.1) is 0 Å². The van der Waals surface area contributed by atoms with E-state index in [4.69, 9.17) is 9.47 Å². The second-order valence-corrected chi connectivity index (χ2v) is 5.10. The normalized spacial score (nSPS) is 29.1. The highest BCUT2D eigenvalue weighted by atomic mass is 16.5. The lowest BCUT2D eigenvalue weighted by Crippen LogP contribution is -2.42. The molecule has 0 aliphatic carbocycles. The van der Waals surface area contributed by atoms with Crippen molar-refractivity contribution in [1.29, 1.82) is 0 Å². The van der Waals surface area contributed by atoms with Gasteiger partial charge in [0, 0.05) is 45.4 Å². The molecule has 2 atom stereocenters. The number of nitrogens with zero attached hydrogens (tertiary/aromatic N) is 1. The first kappa shape index (κ1) is 13.3. The molecule has 2 unspecified atom stereocenters. The lowest BCUT2D eigenvalue weighted by Gasteiger charge is -2.23. The van der Waals surface area contributed by atoms with E-state index < -0.39 is 0 Å². The Morgan fingerprint density at radius 3 is 3.00 bits per heavy atom. The van der Waals surface area contributed by atoms with E-state index in [1.807, 2.05) is 0 Å². The van der Waals surface area contributed by atoms with E-state index in [-0.39, 0.29) is 0 Å². The van der Waals surface area contributed by atoms with Crippen molar-refractivity contribution in [2.45, 2.75) is 38.3 Å². The Morgan fingerprint density at radius 1 is 1.24 bits per heavy atom. The van der Waals surface area contributed by atoms with Crippen LogP contribution in [0.2, 0.25) is 0 Å². The van der Waals surface area contributed by atoms with Crippen molar-refractivity contribution >= 4 is 0 Å². The van der Waals surface area contributed by atoms with Crippen molar-refractivity contribution in [3.8, 4) is 0 Å². The molecule has 0 bridgehead atoms. The van der Waals surface area contributed by atoms with Crippen LogP contribution in [0.25, 0.3) is 0 Å². The molecule has 0 radical (unpaired) electrons. The SMILES string of the molecule is CC(NCCN1CCCOCC1)C1CCCO1. The molecule has 2 aliphatic rings. The van der Waals surface area contributed by atoms with Crippen LogP contribution >= 0.6 is 0 Å². The van der Waals surface area contributed by atoms with Gasteiger partial charge < -0.3 is 14.8 Å². The maximum absolute atomic E-state index is 5.68. The third-order valence-electron chi connectivity index (χ3n) is 3.73. The highest BCUT2D eigenvalue weighted by Crippen LogP contribution is 2.15. The number of nitrogens with one attached hydrogen (secondary N) is 1. The van der Waals surface area contributed by atoms with E-state index in [1.165, 1.54) is 25.8 Å². The van der Waals surface area contributed by atoms with Gasteiger partial charge in [0.25, 0.3) is 0 Å². The summed E-state index contributed by atoms with van der Waals surface area (Å²) in [6.45, 7) is 9.44. The summed E-state index contributed by atoms with van der Waals surface area (Å²) in [5.74, 6) is 0. The van der Waals surface area contributed by atoms with E-state index in [9.17, 15) is 0 Å². The maximum atomic E-state index is 5.68. The van der Waals surface area contributed by atoms with Gasteiger partial charge in [0.1, 0.15) is 0 Å². The molecule has 2 heterocycles. The molecule has 0 spiro atoms. The zero-order valence-corrected chi connectivity index (χ0v) is 11.0. The second kappa shape index (κ2) is 7.31. The van der Waals surface area contributed by atoms with Crippen LogP contribution in [-0.4, -0.2) is 63.0 Å². The first-order valence-electron chi connectivity index (χ1n) is 7.01. The van der Waals surface area contributed by atoms with E-state index in [2.05, 4.69) is 17.1 Å². The predicted octanol–water partition coefficient (Wildman–Crippen LogP) is 0.866. The fraction of sp³-hybridized carbons (Fsp3) is 1.00. The quantitative estimate of drug-likeness (QED) is 0.775. The summed E-state index contributed by atoms with van der Waals surface area (Å²) in [6, 6.07) is 0.487. The van der Waals surface area contributed by atoms with Crippen molar-refractivity contribution in [3.63, 3.8) is 0 Å². The molecule has 2 rings (SSSR count). The summed E-state index contributed by atoms with van der Waals surface area (Å²) < 4.78 is 11.1. The van der Waals surface area contributed by atoms with E-state index >= 15 is 0 Å². The number of hydrogen-bond donors (Lipinski definition) is 1. The fourth-order valence-corrected chi connectivity index (χ4v) is 2.60. The molecule has 4 nitrogen and oxygen atoms in total. The van der Waals surface area contributed by atoms with Gasteiger partial charge in [-0.3, -0.25) is 4.90 Å². The summed E-state index contributed by atoms with van der Waals surface area (Å²) >= 11 is 0. The summed E-state index contributed by atoms with van der Waals surface area (Å²) in [7, 11) is 0. The molecule has 1 N–H and O–H groups in total. The Kier molecular flexibility index (Phi) is 5.71. The first-order valence-corrected chi connectivity index (χ1v) is 7.01. The molecule has 100 valence electrons. The van der Waals surface area contributed by atoms with Gasteiger partial charge in [0.15, 0.2) is 0 Å². The molecule has 0 saturated carbocycles. The average Bonchev–Trinajstić information content (AvgIpc) is 2.75. The lowest BCUT2D eigenvalue weighted by atomic mass is 10.1.